The molecular formula is C14H17NOS. The molecule has 0 aliphatic rings. The van der Waals surface area contributed by atoms with Gasteiger partial charge in [-0.05, 0) is 47.4 Å². The number of para-hydroxylation sites is 1. The van der Waals surface area contributed by atoms with E-state index in [1.165, 1.54) is 11.1 Å². The number of hydrogen-bond donors (Lipinski definition) is 1. The van der Waals surface area contributed by atoms with E-state index in [0.717, 1.165) is 12.2 Å². The second-order valence-corrected chi connectivity index (χ2v) is 4.99. The summed E-state index contributed by atoms with van der Waals surface area (Å²) in [6.45, 7) is 2.63. The van der Waals surface area contributed by atoms with Crippen molar-refractivity contribution in [3.05, 3.63) is 52.2 Å². The Morgan fingerprint density at radius 2 is 2.12 bits per heavy atom. The van der Waals surface area contributed by atoms with E-state index in [0.29, 0.717) is 6.61 Å². The fourth-order valence-corrected chi connectivity index (χ4v) is 2.35. The molecule has 1 heterocycles. The highest BCUT2D eigenvalue weighted by atomic mass is 32.1. The van der Waals surface area contributed by atoms with Gasteiger partial charge in [-0.1, -0.05) is 18.2 Å². The fraction of sp³-hybridized carbons (Fsp3) is 0.286. The molecule has 0 aliphatic carbocycles. The van der Waals surface area contributed by atoms with Crippen LogP contribution in [0.3, 0.4) is 0 Å². The number of nitrogens with two attached hydrogens (primary N) is 1. The lowest BCUT2D eigenvalue weighted by Crippen LogP contribution is -2.18. The Hall–Kier alpha value is -1.32. The first-order valence-electron chi connectivity index (χ1n) is 5.73. The van der Waals surface area contributed by atoms with E-state index in [4.69, 9.17) is 10.5 Å². The van der Waals surface area contributed by atoms with Gasteiger partial charge in [-0.15, -0.1) is 0 Å². The average Bonchev–Trinajstić information content (AvgIpc) is 2.80. The SMILES string of the molecule is CC(N)Cc1ccccc1OCc1ccsc1. The highest BCUT2D eigenvalue weighted by Gasteiger charge is 2.05. The lowest BCUT2D eigenvalue weighted by atomic mass is 10.1. The van der Waals surface area contributed by atoms with Crippen LogP contribution >= 0.6 is 11.3 Å². The Kier molecular flexibility index (Phi) is 4.18. The molecule has 0 saturated heterocycles. The molecule has 2 N–H and O–H groups in total. The molecule has 2 rings (SSSR count). The van der Waals surface area contributed by atoms with Crippen molar-refractivity contribution < 1.29 is 4.74 Å². The van der Waals surface area contributed by atoms with E-state index in [9.17, 15) is 0 Å². The summed E-state index contributed by atoms with van der Waals surface area (Å²) in [7, 11) is 0. The van der Waals surface area contributed by atoms with Crippen LogP contribution in [-0.2, 0) is 13.0 Å². The van der Waals surface area contributed by atoms with Gasteiger partial charge >= 0.3 is 0 Å². The molecule has 0 bridgehead atoms. The zero-order chi connectivity index (χ0) is 12.1. The zero-order valence-corrected chi connectivity index (χ0v) is 10.7. The largest absolute Gasteiger partial charge is 0.489 e. The van der Waals surface area contributed by atoms with Crippen LogP contribution in [0.1, 0.15) is 18.1 Å². The maximum Gasteiger partial charge on any atom is 0.123 e. The molecule has 2 aromatic rings. The van der Waals surface area contributed by atoms with Gasteiger partial charge in [-0.2, -0.15) is 11.3 Å². The third kappa shape index (κ3) is 3.58. The topological polar surface area (TPSA) is 35.2 Å². The second-order valence-electron chi connectivity index (χ2n) is 4.21. The lowest BCUT2D eigenvalue weighted by molar-refractivity contribution is 0.303. The predicted molar refractivity (Wildman–Crippen MR) is 72.4 cm³/mol. The molecule has 90 valence electrons. The van der Waals surface area contributed by atoms with Crippen LogP contribution < -0.4 is 10.5 Å². The molecule has 1 unspecified atom stereocenters. The molecule has 0 radical (unpaired) electrons. The van der Waals surface area contributed by atoms with Crippen LogP contribution in [0.2, 0.25) is 0 Å². The summed E-state index contributed by atoms with van der Waals surface area (Å²) in [6.07, 6.45) is 0.847. The average molecular weight is 247 g/mol. The molecule has 3 heteroatoms. The van der Waals surface area contributed by atoms with Gasteiger partial charge < -0.3 is 10.5 Å². The van der Waals surface area contributed by atoms with Crippen molar-refractivity contribution in [3.8, 4) is 5.75 Å². The van der Waals surface area contributed by atoms with Crippen LogP contribution in [0.15, 0.2) is 41.1 Å². The van der Waals surface area contributed by atoms with Gasteiger partial charge in [-0.25, -0.2) is 0 Å². The van der Waals surface area contributed by atoms with Gasteiger partial charge in [0, 0.05) is 6.04 Å². The molecular weight excluding hydrogens is 230 g/mol. The lowest BCUT2D eigenvalue weighted by Gasteiger charge is -2.12. The van der Waals surface area contributed by atoms with Crippen molar-refractivity contribution in [3.63, 3.8) is 0 Å². The van der Waals surface area contributed by atoms with Crippen LogP contribution in [0, 0.1) is 0 Å². The zero-order valence-electron chi connectivity index (χ0n) is 9.93. The molecule has 2 nitrogen and oxygen atoms in total. The quantitative estimate of drug-likeness (QED) is 0.880. The predicted octanol–water partition coefficient (Wildman–Crippen LogP) is 3.22. The maximum absolute atomic E-state index is 5.83. The smallest absolute Gasteiger partial charge is 0.123 e. The molecule has 1 aromatic heterocycles. The normalized spacial score (nSPS) is 12.4. The van der Waals surface area contributed by atoms with Crippen molar-refractivity contribution in [2.24, 2.45) is 5.73 Å². The van der Waals surface area contributed by atoms with E-state index < -0.39 is 0 Å². The molecule has 1 atom stereocenters. The molecule has 0 spiro atoms. The van der Waals surface area contributed by atoms with Crippen molar-refractivity contribution in [2.75, 3.05) is 0 Å². The first-order chi connectivity index (χ1) is 8.25. The highest BCUT2D eigenvalue weighted by Crippen LogP contribution is 2.21. The summed E-state index contributed by atoms with van der Waals surface area (Å²) in [4.78, 5) is 0. The third-order valence-corrected chi connectivity index (χ3v) is 3.22. The van der Waals surface area contributed by atoms with Gasteiger partial charge in [0.1, 0.15) is 12.4 Å². The Labute approximate surface area is 106 Å². The van der Waals surface area contributed by atoms with Gasteiger partial charge in [0.15, 0.2) is 0 Å². The highest BCUT2D eigenvalue weighted by molar-refractivity contribution is 7.07. The maximum atomic E-state index is 5.83. The molecule has 0 fully saturated rings. The van der Waals surface area contributed by atoms with E-state index >= 15 is 0 Å². The first-order valence-corrected chi connectivity index (χ1v) is 6.67. The van der Waals surface area contributed by atoms with Gasteiger partial charge in [0.05, 0.1) is 0 Å². The van der Waals surface area contributed by atoms with Crippen molar-refractivity contribution in [1.29, 1.82) is 0 Å². The monoisotopic (exact) mass is 247 g/mol. The third-order valence-electron chi connectivity index (χ3n) is 2.49. The standard InChI is InChI=1S/C14H17NOS/c1-11(15)8-13-4-2-3-5-14(13)16-9-12-6-7-17-10-12/h2-7,10-11H,8-9,15H2,1H3. The minimum atomic E-state index is 0.154. The van der Waals surface area contributed by atoms with E-state index in [1.807, 2.05) is 25.1 Å². The Balaban J connectivity index is 2.04. The summed E-state index contributed by atoms with van der Waals surface area (Å²) in [5, 5.41) is 4.17. The van der Waals surface area contributed by atoms with Crippen LogP contribution in [-0.4, -0.2) is 6.04 Å². The Morgan fingerprint density at radius 1 is 1.29 bits per heavy atom. The van der Waals surface area contributed by atoms with E-state index in [-0.39, 0.29) is 6.04 Å². The number of benzene rings is 1. The molecule has 0 saturated carbocycles. The Morgan fingerprint density at radius 3 is 2.82 bits per heavy atom. The second kappa shape index (κ2) is 5.84. The van der Waals surface area contributed by atoms with Crippen LogP contribution in [0.4, 0.5) is 0 Å². The summed E-state index contributed by atoms with van der Waals surface area (Å²) < 4.78 is 5.83. The van der Waals surface area contributed by atoms with E-state index in [2.05, 4.69) is 22.9 Å². The summed E-state index contributed by atoms with van der Waals surface area (Å²) in [5.74, 6) is 0.941. The van der Waals surface area contributed by atoms with Crippen molar-refractivity contribution in [2.45, 2.75) is 26.0 Å². The summed E-state index contributed by atoms with van der Waals surface area (Å²) in [6, 6.07) is 10.3. The van der Waals surface area contributed by atoms with Crippen LogP contribution in [0.5, 0.6) is 5.75 Å². The number of rotatable bonds is 5. The Bertz CT molecular complexity index is 451. The fourth-order valence-electron chi connectivity index (χ4n) is 1.70. The number of ether oxygens (including phenoxy) is 1. The van der Waals surface area contributed by atoms with Crippen LogP contribution in [0.25, 0.3) is 0 Å². The minimum Gasteiger partial charge on any atom is -0.489 e. The molecule has 0 aliphatic heterocycles. The van der Waals surface area contributed by atoms with E-state index in [1.54, 1.807) is 11.3 Å². The van der Waals surface area contributed by atoms with Crippen molar-refractivity contribution >= 4 is 11.3 Å². The molecule has 0 amide bonds. The molecule has 1 aromatic carbocycles. The number of hydrogen-bond acceptors (Lipinski definition) is 3. The number of thiophene rings is 1. The van der Waals surface area contributed by atoms with Gasteiger partial charge in [0.2, 0.25) is 0 Å². The summed E-state index contributed by atoms with van der Waals surface area (Å²) >= 11 is 1.69. The van der Waals surface area contributed by atoms with Gasteiger partial charge in [-0.3, -0.25) is 0 Å². The minimum absolute atomic E-state index is 0.154. The van der Waals surface area contributed by atoms with Gasteiger partial charge in [0.25, 0.3) is 0 Å². The first kappa shape index (κ1) is 12.1. The summed E-state index contributed by atoms with van der Waals surface area (Å²) in [5.41, 5.74) is 8.22. The molecule has 17 heavy (non-hydrogen) atoms. The van der Waals surface area contributed by atoms with Crippen molar-refractivity contribution in [1.82, 2.24) is 0 Å².